The van der Waals surface area contributed by atoms with Crippen molar-refractivity contribution in [1.82, 2.24) is 9.21 Å². The van der Waals surface area contributed by atoms with Crippen LogP contribution < -0.4 is 14.2 Å². The number of carbonyl (C=O) groups is 2. The van der Waals surface area contributed by atoms with Crippen molar-refractivity contribution in [3.05, 3.63) is 48.0 Å². The lowest BCUT2D eigenvalue weighted by Gasteiger charge is -2.35. The minimum Gasteiger partial charge on any atom is -0.493 e. The molecule has 184 valence electrons. The van der Waals surface area contributed by atoms with E-state index >= 15 is 0 Å². The van der Waals surface area contributed by atoms with Gasteiger partial charge in [-0.15, -0.1) is 0 Å². The molecule has 34 heavy (non-hydrogen) atoms. The van der Waals surface area contributed by atoms with E-state index in [2.05, 4.69) is 0 Å². The standard InChI is InChI=1S/C23H28N2O8S/c1-16(33-23(27)17-14-19(30-2)21(32-4)20(15-17)31-3)22(26)24-10-12-25(13-11-24)34(28,29)18-8-6-5-7-9-18/h5-9,14-16H,10-13H2,1-4H3. The highest BCUT2D eigenvalue weighted by Crippen LogP contribution is 2.38. The summed E-state index contributed by atoms with van der Waals surface area (Å²) in [6.07, 6.45) is -1.07. The van der Waals surface area contributed by atoms with Crippen molar-refractivity contribution in [2.24, 2.45) is 0 Å². The molecule has 11 heteroatoms. The van der Waals surface area contributed by atoms with Gasteiger partial charge in [0.2, 0.25) is 15.8 Å². The van der Waals surface area contributed by atoms with Crippen molar-refractivity contribution in [2.45, 2.75) is 17.9 Å². The van der Waals surface area contributed by atoms with Crippen LogP contribution in [0.3, 0.4) is 0 Å². The molecule has 0 radical (unpaired) electrons. The first-order chi connectivity index (χ1) is 16.2. The van der Waals surface area contributed by atoms with Crippen LogP contribution in [0.2, 0.25) is 0 Å². The molecule has 1 aliphatic rings. The van der Waals surface area contributed by atoms with E-state index in [1.54, 1.807) is 18.2 Å². The molecule has 2 aromatic carbocycles. The molecule has 0 bridgehead atoms. The number of amides is 1. The molecule has 0 spiro atoms. The summed E-state index contributed by atoms with van der Waals surface area (Å²) in [6.45, 7) is 2.16. The molecule has 1 heterocycles. The van der Waals surface area contributed by atoms with Crippen molar-refractivity contribution in [2.75, 3.05) is 47.5 Å². The summed E-state index contributed by atoms with van der Waals surface area (Å²) >= 11 is 0. The molecular weight excluding hydrogens is 464 g/mol. The van der Waals surface area contributed by atoms with Crippen LogP contribution in [0.5, 0.6) is 17.2 Å². The Morgan fingerprint density at radius 2 is 1.44 bits per heavy atom. The first-order valence-electron chi connectivity index (χ1n) is 10.6. The number of ether oxygens (including phenoxy) is 4. The molecule has 1 unspecified atom stereocenters. The van der Waals surface area contributed by atoms with Crippen LogP contribution in [0.15, 0.2) is 47.4 Å². The maximum absolute atomic E-state index is 12.8. The Morgan fingerprint density at radius 1 is 0.882 bits per heavy atom. The Labute approximate surface area is 199 Å². The number of piperazine rings is 1. The zero-order chi connectivity index (χ0) is 24.9. The van der Waals surface area contributed by atoms with E-state index < -0.39 is 28.0 Å². The fourth-order valence-electron chi connectivity index (χ4n) is 3.63. The largest absolute Gasteiger partial charge is 0.493 e. The quantitative estimate of drug-likeness (QED) is 0.513. The van der Waals surface area contributed by atoms with Gasteiger partial charge in [0.1, 0.15) is 0 Å². The van der Waals surface area contributed by atoms with Gasteiger partial charge in [0.25, 0.3) is 5.91 Å². The minimum absolute atomic E-state index is 0.132. The normalized spacial score (nSPS) is 15.4. The number of hydrogen-bond acceptors (Lipinski definition) is 8. The summed E-state index contributed by atoms with van der Waals surface area (Å²) < 4.78 is 48.0. The van der Waals surface area contributed by atoms with Gasteiger partial charge in [-0.05, 0) is 31.2 Å². The van der Waals surface area contributed by atoms with E-state index in [0.29, 0.717) is 5.75 Å². The Morgan fingerprint density at radius 3 is 1.94 bits per heavy atom. The van der Waals surface area contributed by atoms with Crippen LogP contribution in [0, 0.1) is 0 Å². The lowest BCUT2D eigenvalue weighted by Crippen LogP contribution is -2.52. The van der Waals surface area contributed by atoms with E-state index in [1.165, 1.54) is 61.7 Å². The second kappa shape index (κ2) is 10.7. The number of rotatable bonds is 8. The molecule has 0 N–H and O–H groups in total. The summed E-state index contributed by atoms with van der Waals surface area (Å²) in [6, 6.07) is 11.0. The number of methoxy groups -OCH3 is 3. The highest BCUT2D eigenvalue weighted by Gasteiger charge is 2.32. The van der Waals surface area contributed by atoms with Crippen LogP contribution in [0.1, 0.15) is 17.3 Å². The van der Waals surface area contributed by atoms with Crippen LogP contribution in [0.25, 0.3) is 0 Å². The smallest absolute Gasteiger partial charge is 0.339 e. The molecule has 3 rings (SSSR count). The molecule has 1 saturated heterocycles. The molecule has 0 aromatic heterocycles. The topological polar surface area (TPSA) is 112 Å². The van der Waals surface area contributed by atoms with Crippen molar-refractivity contribution in [3.8, 4) is 17.2 Å². The Balaban J connectivity index is 1.63. The molecule has 1 aliphatic heterocycles. The summed E-state index contributed by atoms with van der Waals surface area (Å²) in [7, 11) is 0.672. The highest BCUT2D eigenvalue weighted by molar-refractivity contribution is 7.89. The number of esters is 1. The molecule has 0 saturated carbocycles. The average Bonchev–Trinajstić information content (AvgIpc) is 2.87. The monoisotopic (exact) mass is 492 g/mol. The van der Waals surface area contributed by atoms with Gasteiger partial charge in [0.15, 0.2) is 17.6 Å². The number of hydrogen-bond donors (Lipinski definition) is 0. The second-order valence-electron chi connectivity index (χ2n) is 7.50. The van der Waals surface area contributed by atoms with Gasteiger partial charge in [0.05, 0.1) is 31.8 Å². The van der Waals surface area contributed by atoms with Gasteiger partial charge < -0.3 is 23.8 Å². The lowest BCUT2D eigenvalue weighted by atomic mass is 10.1. The molecule has 2 aromatic rings. The molecule has 1 fully saturated rings. The van der Waals surface area contributed by atoms with E-state index in [-0.39, 0.29) is 48.1 Å². The summed E-state index contributed by atoms with van der Waals surface area (Å²) in [5.74, 6) is -0.246. The van der Waals surface area contributed by atoms with Gasteiger partial charge >= 0.3 is 5.97 Å². The third-order valence-electron chi connectivity index (χ3n) is 5.46. The number of sulfonamides is 1. The van der Waals surface area contributed by atoms with Crippen molar-refractivity contribution in [3.63, 3.8) is 0 Å². The Hall–Kier alpha value is -3.31. The predicted octanol–water partition coefficient (Wildman–Crippen LogP) is 1.79. The first-order valence-corrected chi connectivity index (χ1v) is 12.0. The molecule has 0 aliphatic carbocycles. The Kier molecular flexibility index (Phi) is 8.00. The Bertz CT molecular complexity index is 1100. The third-order valence-corrected chi connectivity index (χ3v) is 7.38. The second-order valence-corrected chi connectivity index (χ2v) is 9.44. The average molecular weight is 493 g/mol. The van der Waals surface area contributed by atoms with E-state index in [1.807, 2.05) is 0 Å². The highest BCUT2D eigenvalue weighted by atomic mass is 32.2. The van der Waals surface area contributed by atoms with Crippen LogP contribution in [-0.2, 0) is 19.6 Å². The van der Waals surface area contributed by atoms with Gasteiger partial charge in [0, 0.05) is 26.2 Å². The van der Waals surface area contributed by atoms with E-state index in [0.717, 1.165) is 0 Å². The zero-order valence-corrected chi connectivity index (χ0v) is 20.3. The van der Waals surface area contributed by atoms with Crippen molar-refractivity contribution in [1.29, 1.82) is 0 Å². The molecule has 1 amide bonds. The molecule has 1 atom stereocenters. The van der Waals surface area contributed by atoms with Crippen LogP contribution in [-0.4, -0.2) is 83.1 Å². The lowest BCUT2D eigenvalue weighted by molar-refractivity contribution is -0.141. The summed E-state index contributed by atoms with van der Waals surface area (Å²) in [5.41, 5.74) is 0.132. The third kappa shape index (κ3) is 5.26. The number of carbonyl (C=O) groups excluding carboxylic acids is 2. The van der Waals surface area contributed by atoms with Crippen LogP contribution >= 0.6 is 0 Å². The van der Waals surface area contributed by atoms with Gasteiger partial charge in [-0.1, -0.05) is 18.2 Å². The van der Waals surface area contributed by atoms with Gasteiger partial charge in [-0.3, -0.25) is 4.79 Å². The minimum atomic E-state index is -3.63. The molecular formula is C23H28N2O8S. The summed E-state index contributed by atoms with van der Waals surface area (Å²) in [5, 5.41) is 0. The van der Waals surface area contributed by atoms with Gasteiger partial charge in [-0.25, -0.2) is 13.2 Å². The van der Waals surface area contributed by atoms with Crippen LogP contribution in [0.4, 0.5) is 0 Å². The first kappa shape index (κ1) is 25.3. The number of nitrogens with zero attached hydrogens (tertiary/aromatic N) is 2. The van der Waals surface area contributed by atoms with Crippen molar-refractivity contribution >= 4 is 21.9 Å². The molecule has 10 nitrogen and oxygen atoms in total. The van der Waals surface area contributed by atoms with Gasteiger partial charge in [-0.2, -0.15) is 4.31 Å². The fraction of sp³-hybridized carbons (Fsp3) is 0.391. The predicted molar refractivity (Wildman–Crippen MR) is 123 cm³/mol. The van der Waals surface area contributed by atoms with E-state index in [9.17, 15) is 18.0 Å². The maximum atomic E-state index is 12.8. The summed E-state index contributed by atoms with van der Waals surface area (Å²) in [4.78, 5) is 27.2. The zero-order valence-electron chi connectivity index (χ0n) is 19.5. The fourth-order valence-corrected chi connectivity index (χ4v) is 5.07. The SMILES string of the molecule is COc1cc(C(=O)OC(C)C(=O)N2CCN(S(=O)(=O)c3ccccc3)CC2)cc(OC)c1OC. The van der Waals surface area contributed by atoms with E-state index in [4.69, 9.17) is 18.9 Å². The number of benzene rings is 2. The maximum Gasteiger partial charge on any atom is 0.339 e. The van der Waals surface area contributed by atoms with Crippen molar-refractivity contribution < 1.29 is 37.0 Å².